The van der Waals surface area contributed by atoms with E-state index in [1.807, 2.05) is 46.3 Å². The predicted molar refractivity (Wildman–Crippen MR) is 121 cm³/mol. The van der Waals surface area contributed by atoms with Gasteiger partial charge in [0.05, 0.1) is 33.4 Å². The topological polar surface area (TPSA) is 76.9 Å². The molecule has 7 heteroatoms. The average Bonchev–Trinajstić information content (AvgIpc) is 3.50. The molecule has 0 saturated carbocycles. The van der Waals surface area contributed by atoms with E-state index < -0.39 is 0 Å². The standard InChI is InChI=1S/C24H16N4O2S/c29-23(21-10-5-13-31-21)17-6-1-2-7-18(17)24(30)27-16-11-12-22(25-14-16)28-15-26-19-8-3-4-9-20(19)28/h1-15H,(H,27,30). The molecule has 0 fully saturated rings. The van der Waals surface area contributed by atoms with Gasteiger partial charge in [0.15, 0.2) is 0 Å². The van der Waals surface area contributed by atoms with Gasteiger partial charge in [0, 0.05) is 5.56 Å². The van der Waals surface area contributed by atoms with Crippen molar-refractivity contribution < 1.29 is 9.59 Å². The van der Waals surface area contributed by atoms with Crippen molar-refractivity contribution in [2.45, 2.75) is 0 Å². The number of thiophene rings is 1. The lowest BCUT2D eigenvalue weighted by Crippen LogP contribution is -2.16. The van der Waals surface area contributed by atoms with Crippen LogP contribution in [0.3, 0.4) is 0 Å². The van der Waals surface area contributed by atoms with Crippen molar-refractivity contribution in [3.8, 4) is 5.82 Å². The lowest BCUT2D eigenvalue weighted by molar-refractivity contribution is 0.0997. The number of nitrogens with one attached hydrogen (secondary N) is 1. The molecule has 0 atom stereocenters. The van der Waals surface area contributed by atoms with Crippen molar-refractivity contribution in [2.75, 3.05) is 5.32 Å². The fourth-order valence-corrected chi connectivity index (χ4v) is 4.04. The molecule has 3 heterocycles. The fourth-order valence-electron chi connectivity index (χ4n) is 3.36. The number of carbonyl (C=O) groups is 2. The number of hydrogen-bond donors (Lipinski definition) is 1. The molecule has 5 rings (SSSR count). The highest BCUT2D eigenvalue weighted by Gasteiger charge is 2.19. The van der Waals surface area contributed by atoms with E-state index >= 15 is 0 Å². The summed E-state index contributed by atoms with van der Waals surface area (Å²) in [5.41, 5.74) is 3.07. The molecule has 0 aliphatic heterocycles. The summed E-state index contributed by atoms with van der Waals surface area (Å²) in [5.74, 6) is 0.171. The summed E-state index contributed by atoms with van der Waals surface area (Å²) in [5, 5.41) is 4.67. The smallest absolute Gasteiger partial charge is 0.256 e. The largest absolute Gasteiger partial charge is 0.321 e. The van der Waals surface area contributed by atoms with Gasteiger partial charge >= 0.3 is 0 Å². The van der Waals surface area contributed by atoms with Crippen molar-refractivity contribution in [3.63, 3.8) is 0 Å². The summed E-state index contributed by atoms with van der Waals surface area (Å²) in [7, 11) is 0. The Labute approximate surface area is 181 Å². The molecule has 0 bridgehead atoms. The second-order valence-electron chi connectivity index (χ2n) is 6.81. The van der Waals surface area contributed by atoms with Gasteiger partial charge in [0.2, 0.25) is 5.78 Å². The first-order chi connectivity index (χ1) is 15.2. The maximum Gasteiger partial charge on any atom is 0.256 e. The Morgan fingerprint density at radius 2 is 1.65 bits per heavy atom. The van der Waals surface area contributed by atoms with Crippen LogP contribution in [0.4, 0.5) is 5.69 Å². The van der Waals surface area contributed by atoms with Crippen LogP contribution < -0.4 is 5.32 Å². The first-order valence-corrected chi connectivity index (χ1v) is 10.5. The van der Waals surface area contributed by atoms with E-state index in [2.05, 4.69) is 15.3 Å². The first kappa shape index (κ1) is 18.9. The van der Waals surface area contributed by atoms with Gasteiger partial charge in [0.1, 0.15) is 12.1 Å². The van der Waals surface area contributed by atoms with Crippen LogP contribution in [0.2, 0.25) is 0 Å². The molecule has 0 saturated heterocycles. The van der Waals surface area contributed by atoms with Gasteiger partial charge in [-0.05, 0) is 41.8 Å². The summed E-state index contributed by atoms with van der Waals surface area (Å²) in [6.45, 7) is 0. The number of amides is 1. The molecule has 31 heavy (non-hydrogen) atoms. The molecule has 1 N–H and O–H groups in total. The summed E-state index contributed by atoms with van der Waals surface area (Å²) in [6, 6.07) is 21.8. The molecule has 0 aliphatic carbocycles. The number of anilines is 1. The average molecular weight is 424 g/mol. The minimum absolute atomic E-state index is 0.166. The number of imidazole rings is 1. The Balaban J connectivity index is 1.39. The maximum absolute atomic E-state index is 12.9. The van der Waals surface area contributed by atoms with Gasteiger partial charge in [-0.3, -0.25) is 14.2 Å². The highest BCUT2D eigenvalue weighted by Crippen LogP contribution is 2.21. The number of nitrogens with zero attached hydrogens (tertiary/aromatic N) is 3. The highest BCUT2D eigenvalue weighted by molar-refractivity contribution is 7.12. The van der Waals surface area contributed by atoms with E-state index in [4.69, 9.17) is 0 Å². The number of pyridine rings is 1. The number of ketones is 1. The number of hydrogen-bond acceptors (Lipinski definition) is 5. The monoisotopic (exact) mass is 424 g/mol. The molecule has 0 radical (unpaired) electrons. The van der Waals surface area contributed by atoms with Crippen molar-refractivity contribution in [1.82, 2.24) is 14.5 Å². The normalized spacial score (nSPS) is 10.8. The molecule has 150 valence electrons. The summed E-state index contributed by atoms with van der Waals surface area (Å²) in [6.07, 6.45) is 3.31. The lowest BCUT2D eigenvalue weighted by atomic mass is 10.0. The van der Waals surface area contributed by atoms with Gasteiger partial charge in [-0.1, -0.05) is 36.4 Å². The highest BCUT2D eigenvalue weighted by atomic mass is 32.1. The van der Waals surface area contributed by atoms with E-state index in [-0.39, 0.29) is 11.7 Å². The van der Waals surface area contributed by atoms with Crippen LogP contribution in [-0.4, -0.2) is 26.2 Å². The van der Waals surface area contributed by atoms with Crippen LogP contribution in [-0.2, 0) is 0 Å². The molecule has 6 nitrogen and oxygen atoms in total. The van der Waals surface area contributed by atoms with Gasteiger partial charge in [-0.15, -0.1) is 11.3 Å². The third-order valence-corrected chi connectivity index (χ3v) is 5.74. The zero-order chi connectivity index (χ0) is 21.2. The Hall–Kier alpha value is -4.10. The minimum atomic E-state index is -0.358. The molecule has 1 amide bonds. The van der Waals surface area contributed by atoms with E-state index in [0.717, 1.165) is 11.0 Å². The molecular weight excluding hydrogens is 408 g/mol. The summed E-state index contributed by atoms with van der Waals surface area (Å²) < 4.78 is 1.88. The number of fused-ring (bicyclic) bond motifs is 1. The van der Waals surface area contributed by atoms with Gasteiger partial charge in [0.25, 0.3) is 5.91 Å². The van der Waals surface area contributed by atoms with Crippen molar-refractivity contribution in [3.05, 3.63) is 107 Å². The third kappa shape index (κ3) is 3.62. The van der Waals surface area contributed by atoms with Crippen molar-refractivity contribution in [2.24, 2.45) is 0 Å². The van der Waals surface area contributed by atoms with Crippen LogP contribution in [0.25, 0.3) is 16.9 Å². The van der Waals surface area contributed by atoms with Gasteiger partial charge in [-0.2, -0.15) is 0 Å². The Morgan fingerprint density at radius 1 is 0.839 bits per heavy atom. The Kier molecular flexibility index (Phi) is 4.86. The van der Waals surface area contributed by atoms with E-state index in [1.54, 1.807) is 48.9 Å². The second kappa shape index (κ2) is 7.97. The van der Waals surface area contributed by atoms with Crippen LogP contribution in [0.15, 0.2) is 90.7 Å². The fraction of sp³-hybridized carbons (Fsp3) is 0. The molecule has 0 spiro atoms. The van der Waals surface area contributed by atoms with Gasteiger partial charge in [-0.25, -0.2) is 9.97 Å². The number of carbonyl (C=O) groups excluding carboxylic acids is 2. The minimum Gasteiger partial charge on any atom is -0.321 e. The second-order valence-corrected chi connectivity index (χ2v) is 7.76. The van der Waals surface area contributed by atoms with Crippen LogP contribution in [0.5, 0.6) is 0 Å². The molecule has 0 aliphatic rings. The summed E-state index contributed by atoms with van der Waals surface area (Å²) in [4.78, 5) is 35.1. The molecule has 2 aromatic carbocycles. The number of aromatic nitrogens is 3. The van der Waals surface area contributed by atoms with E-state index in [1.165, 1.54) is 11.3 Å². The van der Waals surface area contributed by atoms with E-state index in [9.17, 15) is 9.59 Å². The molecule has 5 aromatic rings. The van der Waals surface area contributed by atoms with Crippen molar-refractivity contribution in [1.29, 1.82) is 0 Å². The third-order valence-electron chi connectivity index (χ3n) is 4.87. The van der Waals surface area contributed by atoms with Crippen LogP contribution in [0.1, 0.15) is 25.6 Å². The number of benzene rings is 2. The predicted octanol–water partition coefficient (Wildman–Crippen LogP) is 4.97. The Bertz CT molecular complexity index is 1390. The van der Waals surface area contributed by atoms with E-state index in [0.29, 0.717) is 27.5 Å². The Morgan fingerprint density at radius 3 is 2.42 bits per heavy atom. The summed E-state index contributed by atoms with van der Waals surface area (Å²) >= 11 is 1.35. The zero-order valence-corrected chi connectivity index (χ0v) is 17.0. The molecule has 0 unspecified atom stereocenters. The van der Waals surface area contributed by atoms with Crippen LogP contribution >= 0.6 is 11.3 Å². The lowest BCUT2D eigenvalue weighted by Gasteiger charge is -2.10. The van der Waals surface area contributed by atoms with Crippen molar-refractivity contribution >= 4 is 39.7 Å². The quantitative estimate of drug-likeness (QED) is 0.404. The number of para-hydroxylation sites is 2. The molecular formula is C24H16N4O2S. The SMILES string of the molecule is O=C(Nc1ccc(-n2cnc3ccccc32)nc1)c1ccccc1C(=O)c1cccs1. The van der Waals surface area contributed by atoms with Crippen LogP contribution in [0, 0.1) is 0 Å². The zero-order valence-electron chi connectivity index (χ0n) is 16.2. The number of rotatable bonds is 5. The first-order valence-electron chi connectivity index (χ1n) is 9.58. The molecule has 3 aromatic heterocycles. The van der Waals surface area contributed by atoms with Gasteiger partial charge < -0.3 is 5.32 Å². The maximum atomic E-state index is 12.9.